The summed E-state index contributed by atoms with van der Waals surface area (Å²) in [5.74, 6) is 1.41. The van der Waals surface area contributed by atoms with Crippen LogP contribution in [0.25, 0.3) is 5.69 Å². The molecule has 34 heavy (non-hydrogen) atoms. The average Bonchev–Trinajstić information content (AvgIpc) is 3.43. The molecule has 5 rings (SSSR count). The van der Waals surface area contributed by atoms with E-state index >= 15 is 0 Å². The van der Waals surface area contributed by atoms with E-state index in [-0.39, 0.29) is 12.1 Å². The highest BCUT2D eigenvalue weighted by atomic mass is 32.1. The number of nitrogens with zero attached hydrogens (tertiary/aromatic N) is 3. The summed E-state index contributed by atoms with van der Waals surface area (Å²) in [5, 5.41) is 4.14. The number of nitrogens with one attached hydrogen (secondary N) is 1. The van der Waals surface area contributed by atoms with Crippen molar-refractivity contribution in [3.8, 4) is 17.2 Å². The largest absolute Gasteiger partial charge is 0.497 e. The maximum Gasteiger partial charge on any atom is 0.174 e. The quantitative estimate of drug-likeness (QED) is 0.382. The van der Waals surface area contributed by atoms with Gasteiger partial charge >= 0.3 is 0 Å². The van der Waals surface area contributed by atoms with Gasteiger partial charge in [-0.3, -0.25) is 4.98 Å². The Bertz CT molecular complexity index is 1310. The van der Waals surface area contributed by atoms with Gasteiger partial charge in [-0.25, -0.2) is 0 Å². The van der Waals surface area contributed by atoms with Crippen molar-refractivity contribution in [2.24, 2.45) is 0 Å². The van der Waals surface area contributed by atoms with E-state index in [0.29, 0.717) is 10.9 Å². The van der Waals surface area contributed by atoms with Crippen molar-refractivity contribution in [2.45, 2.75) is 19.0 Å². The fraction of sp³-hybridized carbons (Fsp3) is 0.185. The Hall–Kier alpha value is -3.84. The Morgan fingerprint density at radius 3 is 2.41 bits per heavy atom. The first-order chi connectivity index (χ1) is 16.6. The highest BCUT2D eigenvalue weighted by Crippen LogP contribution is 2.46. The van der Waals surface area contributed by atoms with Crippen molar-refractivity contribution in [2.75, 3.05) is 19.1 Å². The number of rotatable bonds is 6. The lowest BCUT2D eigenvalue weighted by molar-refractivity contribution is 0.394. The predicted octanol–water partition coefficient (Wildman–Crippen LogP) is 5.38. The molecule has 0 bridgehead atoms. The summed E-state index contributed by atoms with van der Waals surface area (Å²) in [7, 11) is 3.30. The van der Waals surface area contributed by atoms with Crippen LogP contribution in [0.1, 0.15) is 29.2 Å². The van der Waals surface area contributed by atoms with Crippen LogP contribution >= 0.6 is 12.2 Å². The topological polar surface area (TPSA) is 51.5 Å². The fourth-order valence-electron chi connectivity index (χ4n) is 4.62. The Kier molecular flexibility index (Phi) is 5.94. The molecule has 1 aliphatic heterocycles. The number of methoxy groups -OCH3 is 2. The molecule has 1 fully saturated rings. The standard InChI is InChI=1S/C27H26N4O2S/c1-18-12-14-23(30(18)19-9-5-4-6-10-19)26-25(21-11-7-8-16-28-21)29-27(34)31(26)22-15-13-20(32-2)17-24(22)33-3/h4-17,25-26H,1-3H3,(H,29,34)/t25-,26-/m1/s1. The van der Waals surface area contributed by atoms with Crippen LogP contribution in [0.3, 0.4) is 0 Å². The molecule has 0 unspecified atom stereocenters. The van der Waals surface area contributed by atoms with Crippen LogP contribution in [-0.4, -0.2) is 28.9 Å². The number of hydrogen-bond acceptors (Lipinski definition) is 4. The molecule has 6 nitrogen and oxygen atoms in total. The summed E-state index contributed by atoms with van der Waals surface area (Å²) in [5.41, 5.74) is 5.12. The van der Waals surface area contributed by atoms with Gasteiger partial charge in [0, 0.05) is 29.3 Å². The van der Waals surface area contributed by atoms with Crippen molar-refractivity contribution < 1.29 is 9.47 Å². The van der Waals surface area contributed by atoms with E-state index in [1.165, 1.54) is 0 Å². The normalized spacial score (nSPS) is 17.5. The molecule has 1 saturated heterocycles. The lowest BCUT2D eigenvalue weighted by atomic mass is 10.0. The van der Waals surface area contributed by atoms with E-state index in [4.69, 9.17) is 21.7 Å². The number of para-hydroxylation sites is 1. The van der Waals surface area contributed by atoms with Gasteiger partial charge in [-0.1, -0.05) is 24.3 Å². The summed E-state index contributed by atoms with van der Waals surface area (Å²) < 4.78 is 13.5. The second-order valence-electron chi connectivity index (χ2n) is 8.10. The van der Waals surface area contributed by atoms with E-state index in [9.17, 15) is 0 Å². The molecule has 1 aliphatic rings. The second kappa shape index (κ2) is 9.19. The molecule has 1 N–H and O–H groups in total. The molecule has 4 aromatic rings. The predicted molar refractivity (Wildman–Crippen MR) is 138 cm³/mol. The molecular weight excluding hydrogens is 444 g/mol. The van der Waals surface area contributed by atoms with Crippen molar-refractivity contribution in [3.05, 3.63) is 102 Å². The number of benzene rings is 2. The Labute approximate surface area is 204 Å². The van der Waals surface area contributed by atoms with Gasteiger partial charge < -0.3 is 24.3 Å². The summed E-state index contributed by atoms with van der Waals surface area (Å²) in [4.78, 5) is 6.80. The average molecular weight is 471 g/mol. The fourth-order valence-corrected chi connectivity index (χ4v) is 4.96. The van der Waals surface area contributed by atoms with Gasteiger partial charge in [0.2, 0.25) is 0 Å². The van der Waals surface area contributed by atoms with Gasteiger partial charge in [0.15, 0.2) is 5.11 Å². The first kappa shape index (κ1) is 22.0. The monoisotopic (exact) mass is 470 g/mol. The number of pyridine rings is 1. The second-order valence-corrected chi connectivity index (χ2v) is 8.49. The maximum atomic E-state index is 5.90. The summed E-state index contributed by atoms with van der Waals surface area (Å²) >= 11 is 5.90. The zero-order chi connectivity index (χ0) is 23.7. The molecule has 2 aromatic heterocycles. The molecule has 0 spiro atoms. The highest BCUT2D eigenvalue weighted by Gasteiger charge is 2.43. The highest BCUT2D eigenvalue weighted by molar-refractivity contribution is 7.80. The summed E-state index contributed by atoms with van der Waals surface area (Å²) in [6.07, 6.45) is 1.81. The number of aryl methyl sites for hydroxylation is 1. The first-order valence-corrected chi connectivity index (χ1v) is 11.5. The van der Waals surface area contributed by atoms with Gasteiger partial charge in [-0.2, -0.15) is 0 Å². The van der Waals surface area contributed by atoms with Crippen LogP contribution in [0.5, 0.6) is 11.5 Å². The zero-order valence-electron chi connectivity index (χ0n) is 19.3. The van der Waals surface area contributed by atoms with E-state index < -0.39 is 0 Å². The lowest BCUT2D eigenvalue weighted by Gasteiger charge is -2.30. The van der Waals surface area contributed by atoms with E-state index in [1.807, 2.05) is 48.7 Å². The van der Waals surface area contributed by atoms with Gasteiger partial charge in [-0.15, -0.1) is 0 Å². The summed E-state index contributed by atoms with van der Waals surface area (Å²) in [6.45, 7) is 2.12. The number of ether oxygens (including phenoxy) is 2. The third-order valence-electron chi connectivity index (χ3n) is 6.17. The minimum absolute atomic E-state index is 0.155. The van der Waals surface area contributed by atoms with Crippen LogP contribution in [0.15, 0.2) is 85.1 Å². The molecule has 2 atom stereocenters. The minimum Gasteiger partial charge on any atom is -0.497 e. The van der Waals surface area contributed by atoms with Crippen LogP contribution in [-0.2, 0) is 0 Å². The Morgan fingerprint density at radius 2 is 1.71 bits per heavy atom. The van der Waals surface area contributed by atoms with E-state index in [1.54, 1.807) is 14.2 Å². The molecule has 172 valence electrons. The maximum absolute atomic E-state index is 5.90. The van der Waals surface area contributed by atoms with Crippen molar-refractivity contribution in [1.82, 2.24) is 14.9 Å². The van der Waals surface area contributed by atoms with Gasteiger partial charge in [-0.05, 0) is 67.7 Å². The smallest absolute Gasteiger partial charge is 0.174 e. The third kappa shape index (κ3) is 3.78. The SMILES string of the molecule is COc1ccc(N2C(=S)N[C@H](c3ccccn3)[C@H]2c2ccc(C)n2-c2ccccc2)c(OC)c1. The number of aromatic nitrogens is 2. The molecule has 0 amide bonds. The number of thiocarbonyl (C=S) groups is 1. The van der Waals surface area contributed by atoms with E-state index in [0.717, 1.165) is 34.2 Å². The molecular formula is C27H26N4O2S. The Balaban J connectivity index is 1.72. The van der Waals surface area contributed by atoms with Crippen LogP contribution in [0.2, 0.25) is 0 Å². The van der Waals surface area contributed by atoms with E-state index in [2.05, 4.69) is 63.1 Å². The van der Waals surface area contributed by atoms with Gasteiger partial charge in [0.25, 0.3) is 0 Å². The molecule has 0 saturated carbocycles. The van der Waals surface area contributed by atoms with Gasteiger partial charge in [0.05, 0.1) is 31.6 Å². The zero-order valence-corrected chi connectivity index (χ0v) is 20.1. The Morgan fingerprint density at radius 1 is 0.912 bits per heavy atom. The number of anilines is 1. The summed E-state index contributed by atoms with van der Waals surface area (Å²) in [6, 6.07) is 26.1. The minimum atomic E-state index is -0.168. The number of hydrogen-bond donors (Lipinski definition) is 1. The van der Waals surface area contributed by atoms with Crippen molar-refractivity contribution in [1.29, 1.82) is 0 Å². The van der Waals surface area contributed by atoms with Crippen molar-refractivity contribution in [3.63, 3.8) is 0 Å². The first-order valence-electron chi connectivity index (χ1n) is 11.1. The molecule has 0 aliphatic carbocycles. The van der Waals surface area contributed by atoms with Crippen molar-refractivity contribution >= 4 is 23.0 Å². The van der Waals surface area contributed by atoms with Crippen LogP contribution < -0.4 is 19.7 Å². The molecule has 3 heterocycles. The molecule has 0 radical (unpaired) electrons. The molecule has 7 heteroatoms. The third-order valence-corrected chi connectivity index (χ3v) is 6.48. The van der Waals surface area contributed by atoms with Crippen LogP contribution in [0, 0.1) is 6.92 Å². The molecule has 2 aromatic carbocycles. The van der Waals surface area contributed by atoms with Gasteiger partial charge in [0.1, 0.15) is 17.5 Å². The van der Waals surface area contributed by atoms with Crippen LogP contribution in [0.4, 0.5) is 5.69 Å². The lowest BCUT2D eigenvalue weighted by Crippen LogP contribution is -2.30.